The Kier molecular flexibility index (Phi) is 4.82. The molecule has 6 nitrogen and oxygen atoms in total. The minimum Gasteiger partial charge on any atom is -0.355 e. The predicted octanol–water partition coefficient (Wildman–Crippen LogP) is 3.58. The summed E-state index contributed by atoms with van der Waals surface area (Å²) in [5, 5.41) is 3.65. The lowest BCUT2D eigenvalue weighted by Gasteiger charge is -2.06. The highest BCUT2D eigenvalue weighted by molar-refractivity contribution is 7.13. The quantitative estimate of drug-likeness (QED) is 0.681. The van der Waals surface area contributed by atoms with Crippen molar-refractivity contribution in [2.45, 2.75) is 6.92 Å². The molecule has 2 N–H and O–H groups in total. The second-order valence-corrected chi connectivity index (χ2v) is 6.71. The van der Waals surface area contributed by atoms with E-state index in [-0.39, 0.29) is 16.3 Å². The monoisotopic (exact) mass is 379 g/mol. The van der Waals surface area contributed by atoms with Crippen molar-refractivity contribution < 1.29 is 18.5 Å². The van der Waals surface area contributed by atoms with Gasteiger partial charge < -0.3 is 4.52 Å². The van der Waals surface area contributed by atoms with Crippen molar-refractivity contribution in [3.63, 3.8) is 0 Å². The number of hydrogen-bond acceptors (Lipinski definition) is 5. The first-order chi connectivity index (χ1) is 12.0. The Morgan fingerprint density at radius 1 is 1.20 bits per heavy atom. The van der Waals surface area contributed by atoms with Gasteiger partial charge in [-0.3, -0.25) is 20.4 Å². The number of halogens is 2. The molecule has 0 unspecified atom stereocenters. The maximum Gasteiger partial charge on any atom is 0.279 e. The summed E-state index contributed by atoms with van der Waals surface area (Å²) in [7, 11) is 0. The molecule has 25 heavy (non-hydrogen) atoms. The normalized spacial score (nSPS) is 10.5. The van der Waals surface area contributed by atoms with E-state index in [1.807, 2.05) is 6.92 Å². The molecule has 128 valence electrons. The number of carbonyl (C=O) groups is 2. The highest BCUT2D eigenvalue weighted by Crippen LogP contribution is 2.30. The maximum absolute atomic E-state index is 13.2. The fraction of sp³-hybridized carbons (Fsp3) is 0.0625. The molecule has 2 heterocycles. The molecule has 3 aromatic rings. The molecule has 0 aliphatic carbocycles. The SMILES string of the molecule is Cc1ccc(C(=O)NNC(=O)c2cnoc2-c2ccc(F)cc2Cl)s1. The molecule has 0 saturated carbocycles. The fourth-order valence-corrected chi connectivity index (χ4v) is 3.08. The summed E-state index contributed by atoms with van der Waals surface area (Å²) in [4.78, 5) is 25.7. The second-order valence-electron chi connectivity index (χ2n) is 5.01. The first-order valence-corrected chi connectivity index (χ1v) is 8.22. The molecule has 9 heteroatoms. The number of hydrogen-bond donors (Lipinski definition) is 2. The van der Waals surface area contributed by atoms with Crippen molar-refractivity contribution in [1.82, 2.24) is 16.0 Å². The summed E-state index contributed by atoms with van der Waals surface area (Å²) < 4.78 is 18.2. The third-order valence-electron chi connectivity index (χ3n) is 3.24. The van der Waals surface area contributed by atoms with Gasteiger partial charge in [0.05, 0.1) is 16.1 Å². The van der Waals surface area contributed by atoms with E-state index in [4.69, 9.17) is 16.1 Å². The first-order valence-electron chi connectivity index (χ1n) is 7.03. The zero-order chi connectivity index (χ0) is 18.0. The molecular formula is C16H11ClFN3O3S. The van der Waals surface area contributed by atoms with Crippen molar-refractivity contribution in [1.29, 1.82) is 0 Å². The lowest BCUT2D eigenvalue weighted by molar-refractivity contribution is 0.0849. The Labute approximate surface area is 150 Å². The van der Waals surface area contributed by atoms with Gasteiger partial charge in [0, 0.05) is 10.4 Å². The van der Waals surface area contributed by atoms with E-state index < -0.39 is 17.6 Å². The Balaban J connectivity index is 1.75. The van der Waals surface area contributed by atoms with Crippen molar-refractivity contribution in [3.8, 4) is 11.3 Å². The van der Waals surface area contributed by atoms with Crippen LogP contribution in [0.2, 0.25) is 5.02 Å². The van der Waals surface area contributed by atoms with Crippen LogP contribution in [0.4, 0.5) is 4.39 Å². The highest BCUT2D eigenvalue weighted by Gasteiger charge is 2.21. The zero-order valence-corrected chi connectivity index (χ0v) is 14.4. The zero-order valence-electron chi connectivity index (χ0n) is 12.8. The minimum absolute atomic E-state index is 0.0520. The first kappa shape index (κ1) is 17.1. The van der Waals surface area contributed by atoms with Crippen molar-refractivity contribution in [2.75, 3.05) is 0 Å². The average Bonchev–Trinajstić information content (AvgIpc) is 3.21. The Morgan fingerprint density at radius 2 is 1.96 bits per heavy atom. The van der Waals surface area contributed by atoms with Crippen LogP contribution in [0, 0.1) is 12.7 Å². The fourth-order valence-electron chi connectivity index (χ4n) is 2.07. The Morgan fingerprint density at radius 3 is 2.64 bits per heavy atom. The summed E-state index contributed by atoms with van der Waals surface area (Å²) in [6, 6.07) is 7.12. The van der Waals surface area contributed by atoms with Crippen LogP contribution in [0.3, 0.4) is 0 Å². The number of aromatic nitrogens is 1. The van der Waals surface area contributed by atoms with Crippen molar-refractivity contribution in [3.05, 3.63) is 62.7 Å². The number of carbonyl (C=O) groups excluding carboxylic acids is 2. The van der Waals surface area contributed by atoms with E-state index in [0.29, 0.717) is 10.4 Å². The molecule has 0 radical (unpaired) electrons. The van der Waals surface area contributed by atoms with Gasteiger partial charge in [-0.15, -0.1) is 11.3 Å². The predicted molar refractivity (Wildman–Crippen MR) is 90.9 cm³/mol. The Hall–Kier alpha value is -2.71. The van der Waals surface area contributed by atoms with E-state index in [2.05, 4.69) is 16.0 Å². The molecule has 0 spiro atoms. The van der Waals surface area contributed by atoms with Gasteiger partial charge in [0.25, 0.3) is 11.8 Å². The van der Waals surface area contributed by atoms with Gasteiger partial charge in [-0.05, 0) is 37.3 Å². The maximum atomic E-state index is 13.2. The number of nitrogens with one attached hydrogen (secondary N) is 2. The van der Waals surface area contributed by atoms with E-state index >= 15 is 0 Å². The molecule has 0 saturated heterocycles. The van der Waals surface area contributed by atoms with Crippen molar-refractivity contribution >= 4 is 34.8 Å². The van der Waals surface area contributed by atoms with E-state index in [1.54, 1.807) is 12.1 Å². The van der Waals surface area contributed by atoms with E-state index in [0.717, 1.165) is 10.9 Å². The van der Waals surface area contributed by atoms with Crippen LogP contribution in [0.25, 0.3) is 11.3 Å². The Bertz CT molecular complexity index is 954. The molecule has 0 fully saturated rings. The molecule has 0 aliphatic rings. The molecule has 0 aliphatic heterocycles. The van der Waals surface area contributed by atoms with Crippen LogP contribution >= 0.6 is 22.9 Å². The molecule has 3 rings (SSSR count). The number of hydrazine groups is 1. The van der Waals surface area contributed by atoms with Crippen LogP contribution < -0.4 is 10.9 Å². The summed E-state index contributed by atoms with van der Waals surface area (Å²) >= 11 is 7.28. The third kappa shape index (κ3) is 3.70. The van der Waals surface area contributed by atoms with Gasteiger partial charge in [0.2, 0.25) is 0 Å². The lowest BCUT2D eigenvalue weighted by atomic mass is 10.1. The average molecular weight is 380 g/mol. The summed E-state index contributed by atoms with van der Waals surface area (Å²) in [5.41, 5.74) is 4.96. The number of aryl methyl sites for hydroxylation is 1. The standard InChI is InChI=1S/C16H11ClFN3O3S/c1-8-2-5-13(25-8)16(23)21-20-15(22)11-7-19-24-14(11)10-4-3-9(18)6-12(10)17/h2-7H,1H3,(H,20,22)(H,21,23). The van der Waals surface area contributed by atoms with Crippen LogP contribution in [0.1, 0.15) is 24.9 Å². The number of thiophene rings is 1. The summed E-state index contributed by atoms with van der Waals surface area (Å²) in [6.07, 6.45) is 1.19. The van der Waals surface area contributed by atoms with Gasteiger partial charge in [-0.25, -0.2) is 4.39 Å². The van der Waals surface area contributed by atoms with Crippen LogP contribution in [0.15, 0.2) is 41.1 Å². The third-order valence-corrected chi connectivity index (χ3v) is 4.56. The minimum atomic E-state index is -0.640. The second kappa shape index (κ2) is 7.04. The number of amides is 2. The van der Waals surface area contributed by atoms with Crippen LogP contribution in [-0.2, 0) is 0 Å². The molecule has 1 aromatic carbocycles. The molecule has 0 bridgehead atoms. The summed E-state index contributed by atoms with van der Waals surface area (Å²) in [6.45, 7) is 1.87. The summed E-state index contributed by atoms with van der Waals surface area (Å²) in [5.74, 6) is -1.52. The van der Waals surface area contributed by atoms with E-state index in [9.17, 15) is 14.0 Å². The van der Waals surface area contributed by atoms with Gasteiger partial charge >= 0.3 is 0 Å². The van der Waals surface area contributed by atoms with E-state index in [1.165, 1.54) is 29.7 Å². The van der Waals surface area contributed by atoms with Crippen LogP contribution in [0.5, 0.6) is 0 Å². The molecule has 0 atom stereocenters. The topological polar surface area (TPSA) is 84.2 Å². The van der Waals surface area contributed by atoms with Gasteiger partial charge in [0.15, 0.2) is 5.76 Å². The van der Waals surface area contributed by atoms with Crippen molar-refractivity contribution in [2.24, 2.45) is 0 Å². The number of nitrogens with zero attached hydrogens (tertiary/aromatic N) is 1. The number of rotatable bonds is 3. The highest BCUT2D eigenvalue weighted by atomic mass is 35.5. The molecular weight excluding hydrogens is 369 g/mol. The van der Waals surface area contributed by atoms with Gasteiger partial charge in [-0.2, -0.15) is 0 Å². The van der Waals surface area contributed by atoms with Crippen LogP contribution in [-0.4, -0.2) is 17.0 Å². The van der Waals surface area contributed by atoms with Gasteiger partial charge in [0.1, 0.15) is 11.4 Å². The van der Waals surface area contributed by atoms with Gasteiger partial charge in [-0.1, -0.05) is 16.8 Å². The molecule has 2 amide bonds. The molecule has 2 aromatic heterocycles. The smallest absolute Gasteiger partial charge is 0.279 e. The number of benzene rings is 1. The lowest BCUT2D eigenvalue weighted by Crippen LogP contribution is -2.41. The largest absolute Gasteiger partial charge is 0.355 e.